The van der Waals surface area contributed by atoms with E-state index in [4.69, 9.17) is 0 Å². The first-order valence-electron chi connectivity index (χ1n) is 9.80. The first kappa shape index (κ1) is 19.7. The number of aromatic nitrogens is 4. The van der Waals surface area contributed by atoms with Crippen LogP contribution in [0, 0.1) is 13.8 Å². The van der Waals surface area contributed by atoms with Crippen molar-refractivity contribution in [3.63, 3.8) is 0 Å². The van der Waals surface area contributed by atoms with Crippen LogP contribution >= 0.6 is 0 Å². The summed E-state index contributed by atoms with van der Waals surface area (Å²) in [7, 11) is -3.57. The van der Waals surface area contributed by atoms with E-state index >= 15 is 0 Å². The molecule has 0 N–H and O–H groups in total. The third-order valence-corrected chi connectivity index (χ3v) is 6.95. The quantitative estimate of drug-likeness (QED) is 0.620. The number of tetrazole rings is 1. The molecule has 29 heavy (non-hydrogen) atoms. The summed E-state index contributed by atoms with van der Waals surface area (Å²) >= 11 is 0. The molecule has 0 bridgehead atoms. The smallest absolute Gasteiger partial charge is 0.198 e. The van der Waals surface area contributed by atoms with E-state index < -0.39 is 9.84 Å². The molecule has 152 valence electrons. The molecule has 1 aromatic heterocycles. The molecule has 0 aliphatic carbocycles. The number of sulfone groups is 1. The van der Waals surface area contributed by atoms with Gasteiger partial charge in [-0.1, -0.05) is 47.5 Å². The minimum Gasteiger partial charge on any atom is -0.290 e. The molecule has 7 nitrogen and oxygen atoms in total. The van der Waals surface area contributed by atoms with Gasteiger partial charge in [0.1, 0.15) is 0 Å². The van der Waals surface area contributed by atoms with E-state index in [0.717, 1.165) is 37.1 Å². The van der Waals surface area contributed by atoms with Gasteiger partial charge in [-0.15, -0.1) is 5.10 Å². The Morgan fingerprint density at radius 3 is 2.14 bits per heavy atom. The molecular weight excluding hydrogens is 386 g/mol. The molecule has 1 aliphatic rings. The highest BCUT2D eigenvalue weighted by atomic mass is 32.2. The topological polar surface area (TPSA) is 81.0 Å². The highest BCUT2D eigenvalue weighted by Crippen LogP contribution is 2.30. The summed E-state index contributed by atoms with van der Waals surface area (Å²) in [6.07, 6.45) is 2.23. The van der Waals surface area contributed by atoms with Crippen LogP contribution in [0.3, 0.4) is 0 Å². The lowest BCUT2D eigenvalue weighted by molar-refractivity contribution is 0.265. The summed E-state index contributed by atoms with van der Waals surface area (Å²) in [4.78, 5) is 2.60. The van der Waals surface area contributed by atoms with Crippen LogP contribution in [-0.4, -0.2) is 46.6 Å². The molecule has 1 saturated heterocycles. The van der Waals surface area contributed by atoms with Crippen LogP contribution in [0.2, 0.25) is 0 Å². The van der Waals surface area contributed by atoms with Crippen molar-refractivity contribution < 1.29 is 8.42 Å². The molecule has 0 amide bonds. The molecule has 0 saturated carbocycles. The van der Waals surface area contributed by atoms with Crippen molar-refractivity contribution in [2.75, 3.05) is 13.1 Å². The van der Waals surface area contributed by atoms with Crippen LogP contribution in [0.5, 0.6) is 0 Å². The fourth-order valence-corrected chi connectivity index (χ4v) is 4.96. The molecule has 3 aromatic rings. The lowest BCUT2D eigenvalue weighted by Gasteiger charge is -2.27. The van der Waals surface area contributed by atoms with Gasteiger partial charge in [0.25, 0.3) is 0 Å². The van der Waals surface area contributed by atoms with Gasteiger partial charge in [0.15, 0.2) is 21.5 Å². The van der Waals surface area contributed by atoms with Crippen LogP contribution in [0.15, 0.2) is 53.4 Å². The maximum Gasteiger partial charge on any atom is 0.198 e. The molecule has 8 heteroatoms. The summed E-state index contributed by atoms with van der Waals surface area (Å²) in [5.74, 6) is 0.278. The Bertz CT molecular complexity index is 1070. The van der Waals surface area contributed by atoms with E-state index in [-0.39, 0.29) is 16.8 Å². The summed E-state index contributed by atoms with van der Waals surface area (Å²) in [6, 6.07) is 15.0. The monoisotopic (exact) mass is 411 g/mol. The summed E-state index contributed by atoms with van der Waals surface area (Å²) < 4.78 is 27.3. The Balaban J connectivity index is 1.70. The van der Waals surface area contributed by atoms with Crippen molar-refractivity contribution in [2.24, 2.45) is 0 Å². The number of nitrogens with zero attached hydrogens (tertiary/aromatic N) is 5. The van der Waals surface area contributed by atoms with Crippen LogP contribution < -0.4 is 0 Å². The molecule has 1 fully saturated rings. The Morgan fingerprint density at radius 2 is 1.52 bits per heavy atom. The van der Waals surface area contributed by atoms with Gasteiger partial charge in [-0.25, -0.2) is 13.1 Å². The fraction of sp³-hybridized carbons (Fsp3) is 0.381. The SMILES string of the molecule is Cc1ccc([C@H](c2nnnn2CS(=O)(=O)c2ccc(C)cc2)N2CCCC2)cc1. The minimum atomic E-state index is -3.57. The van der Waals surface area contributed by atoms with E-state index in [1.165, 1.54) is 10.2 Å². The average Bonchev–Trinajstić information content (AvgIpc) is 3.37. The number of benzene rings is 2. The molecule has 2 aromatic carbocycles. The molecule has 4 rings (SSSR count). The van der Waals surface area contributed by atoms with E-state index in [0.29, 0.717) is 5.82 Å². The maximum atomic E-state index is 13.0. The second-order valence-corrected chi connectivity index (χ2v) is 9.61. The molecule has 1 aliphatic heterocycles. The second kappa shape index (κ2) is 8.04. The summed E-state index contributed by atoms with van der Waals surface area (Å²) in [5, 5.41) is 12.1. The lowest BCUT2D eigenvalue weighted by atomic mass is 10.0. The van der Waals surface area contributed by atoms with Crippen LogP contribution in [-0.2, 0) is 15.7 Å². The minimum absolute atomic E-state index is 0.165. The molecule has 0 spiro atoms. The Hall–Kier alpha value is -2.58. The van der Waals surface area contributed by atoms with Gasteiger partial charge >= 0.3 is 0 Å². The van der Waals surface area contributed by atoms with Gasteiger partial charge in [-0.05, 0) is 67.9 Å². The predicted molar refractivity (Wildman–Crippen MR) is 110 cm³/mol. The Labute approximate surface area is 171 Å². The molecule has 1 atom stereocenters. The summed E-state index contributed by atoms with van der Waals surface area (Å²) in [6.45, 7) is 5.86. The molecule has 0 radical (unpaired) electrons. The van der Waals surface area contributed by atoms with Gasteiger partial charge in [0, 0.05) is 0 Å². The first-order chi connectivity index (χ1) is 13.9. The van der Waals surface area contributed by atoms with Gasteiger partial charge in [0.2, 0.25) is 0 Å². The van der Waals surface area contributed by atoms with Crippen LogP contribution in [0.1, 0.15) is 41.4 Å². The van der Waals surface area contributed by atoms with Crippen LogP contribution in [0.4, 0.5) is 0 Å². The number of hydrogen-bond donors (Lipinski definition) is 0. The third kappa shape index (κ3) is 4.23. The number of rotatable bonds is 6. The highest BCUT2D eigenvalue weighted by Gasteiger charge is 2.31. The fourth-order valence-electron chi connectivity index (χ4n) is 3.75. The van der Waals surface area contributed by atoms with Crippen LogP contribution in [0.25, 0.3) is 0 Å². The maximum absolute atomic E-state index is 13.0. The summed E-state index contributed by atoms with van der Waals surface area (Å²) in [5.41, 5.74) is 3.26. The van der Waals surface area contributed by atoms with Gasteiger partial charge in [0.05, 0.1) is 10.9 Å². The van der Waals surface area contributed by atoms with Crippen molar-refractivity contribution in [1.82, 2.24) is 25.1 Å². The molecule has 0 unspecified atom stereocenters. The normalized spacial score (nSPS) is 16.2. The second-order valence-electron chi connectivity index (χ2n) is 7.65. The van der Waals surface area contributed by atoms with Crippen molar-refractivity contribution in [1.29, 1.82) is 0 Å². The number of hydrogen-bond acceptors (Lipinski definition) is 6. The molecular formula is C21H25N5O2S. The Morgan fingerprint density at radius 1 is 0.931 bits per heavy atom. The van der Waals surface area contributed by atoms with E-state index in [1.807, 2.05) is 13.8 Å². The van der Waals surface area contributed by atoms with Gasteiger partial charge < -0.3 is 0 Å². The first-order valence-corrected chi connectivity index (χ1v) is 11.5. The number of likely N-dealkylation sites (tertiary alicyclic amines) is 1. The van der Waals surface area contributed by atoms with Crippen molar-refractivity contribution in [3.8, 4) is 0 Å². The third-order valence-electron chi connectivity index (χ3n) is 5.38. The molecule has 2 heterocycles. The van der Waals surface area contributed by atoms with Crippen molar-refractivity contribution >= 4 is 9.84 Å². The largest absolute Gasteiger partial charge is 0.290 e. The average molecular weight is 412 g/mol. The zero-order valence-electron chi connectivity index (χ0n) is 16.7. The Kier molecular flexibility index (Phi) is 5.47. The van der Waals surface area contributed by atoms with E-state index in [1.54, 1.807) is 24.3 Å². The van der Waals surface area contributed by atoms with E-state index in [2.05, 4.69) is 44.7 Å². The lowest BCUT2D eigenvalue weighted by Crippen LogP contribution is -2.30. The van der Waals surface area contributed by atoms with Gasteiger partial charge in [-0.2, -0.15) is 0 Å². The standard InChI is InChI=1S/C21H25N5O2S/c1-16-5-9-18(10-6-16)20(25-13-3-4-14-25)21-22-23-24-26(21)15-29(27,28)19-11-7-17(2)8-12-19/h5-12,20H,3-4,13-15H2,1-2H3/t20-/m1/s1. The van der Waals surface area contributed by atoms with Crippen molar-refractivity contribution in [2.45, 2.75) is 43.5 Å². The zero-order valence-corrected chi connectivity index (χ0v) is 17.5. The predicted octanol–water partition coefficient (Wildman–Crippen LogP) is 2.91. The highest BCUT2D eigenvalue weighted by molar-refractivity contribution is 7.90. The van der Waals surface area contributed by atoms with Crippen molar-refractivity contribution in [3.05, 3.63) is 71.0 Å². The number of aryl methyl sites for hydroxylation is 2. The zero-order chi connectivity index (χ0) is 20.4. The van der Waals surface area contributed by atoms with E-state index in [9.17, 15) is 8.42 Å². The van der Waals surface area contributed by atoms with Gasteiger partial charge in [-0.3, -0.25) is 4.90 Å².